The molecule has 5 heteroatoms. The molecule has 1 N–H and O–H groups in total. The van der Waals surface area contributed by atoms with Gasteiger partial charge in [0, 0.05) is 8.95 Å². The maximum Gasteiger partial charge on any atom is 0.146 e. The number of nitrogens with zero attached hydrogens (tertiary/aromatic N) is 2. The number of rotatable bonds is 0. The van der Waals surface area contributed by atoms with Crippen molar-refractivity contribution in [3.63, 3.8) is 0 Å². The third-order valence-corrected chi connectivity index (χ3v) is 3.89. The summed E-state index contributed by atoms with van der Waals surface area (Å²) in [7, 11) is 0. The highest BCUT2D eigenvalue weighted by Gasteiger charge is 2.11. The lowest BCUT2D eigenvalue weighted by Gasteiger charge is -2.07. The summed E-state index contributed by atoms with van der Waals surface area (Å²) in [6.07, 6.45) is 0. The summed E-state index contributed by atoms with van der Waals surface area (Å²) >= 11 is 6.86. The van der Waals surface area contributed by atoms with Gasteiger partial charge in [-0.1, -0.05) is 15.9 Å². The van der Waals surface area contributed by atoms with Gasteiger partial charge >= 0.3 is 0 Å². The van der Waals surface area contributed by atoms with Crippen molar-refractivity contribution in [2.45, 2.75) is 6.92 Å². The molecule has 0 fully saturated rings. The van der Waals surface area contributed by atoms with Crippen molar-refractivity contribution < 1.29 is 5.11 Å². The minimum atomic E-state index is 0.183. The summed E-state index contributed by atoms with van der Waals surface area (Å²) in [5.74, 6) is 0.183. The van der Waals surface area contributed by atoms with Crippen molar-refractivity contribution >= 4 is 53.9 Å². The number of aromatic hydroxyl groups is 1. The van der Waals surface area contributed by atoms with Crippen LogP contribution in [0.15, 0.2) is 33.2 Å². The molecule has 1 heterocycles. The Labute approximate surface area is 120 Å². The Morgan fingerprint density at radius 3 is 2.50 bits per heavy atom. The number of phenolic OH excluding ortho intramolecular Hbond substituents is 1. The number of benzene rings is 2. The Balaban J connectivity index is 2.52. The van der Waals surface area contributed by atoms with Crippen LogP contribution in [0.25, 0.3) is 22.1 Å². The van der Waals surface area contributed by atoms with Crippen LogP contribution in [0.4, 0.5) is 0 Å². The molecule has 2 aromatic carbocycles. The van der Waals surface area contributed by atoms with E-state index in [2.05, 4.69) is 41.8 Å². The number of fused-ring (bicyclic) bond motifs is 2. The van der Waals surface area contributed by atoms with Gasteiger partial charge in [0.25, 0.3) is 0 Å². The van der Waals surface area contributed by atoms with E-state index in [9.17, 15) is 5.11 Å². The third-order valence-electron chi connectivity index (χ3n) is 2.79. The van der Waals surface area contributed by atoms with Crippen LogP contribution in [0.3, 0.4) is 0 Å². The first-order chi connectivity index (χ1) is 8.56. The number of hydrogen-bond donors (Lipinski definition) is 1. The van der Waals surface area contributed by atoms with E-state index in [0.29, 0.717) is 11.0 Å². The molecule has 0 aliphatic carbocycles. The Morgan fingerprint density at radius 2 is 1.72 bits per heavy atom. The summed E-state index contributed by atoms with van der Waals surface area (Å²) < 4.78 is 1.78. The van der Waals surface area contributed by atoms with Gasteiger partial charge in [-0.2, -0.15) is 0 Å². The lowest BCUT2D eigenvalue weighted by molar-refractivity contribution is 0.476. The highest BCUT2D eigenvalue weighted by atomic mass is 79.9. The fourth-order valence-corrected chi connectivity index (χ4v) is 2.84. The normalized spacial score (nSPS) is 11.3. The van der Waals surface area contributed by atoms with Gasteiger partial charge in [-0.3, -0.25) is 0 Å². The van der Waals surface area contributed by atoms with E-state index in [0.717, 1.165) is 25.5 Å². The van der Waals surface area contributed by atoms with Gasteiger partial charge in [-0.25, -0.2) is 9.97 Å². The van der Waals surface area contributed by atoms with E-state index in [1.807, 2.05) is 31.2 Å². The molecule has 0 aliphatic rings. The Hall–Kier alpha value is -1.20. The summed E-state index contributed by atoms with van der Waals surface area (Å²) in [6.45, 7) is 1.84. The monoisotopic (exact) mass is 366 g/mol. The summed E-state index contributed by atoms with van der Waals surface area (Å²) in [5.41, 5.74) is 3.53. The molecule has 18 heavy (non-hydrogen) atoms. The molecule has 3 nitrogen and oxygen atoms in total. The van der Waals surface area contributed by atoms with E-state index in [-0.39, 0.29) is 5.75 Å². The zero-order chi connectivity index (χ0) is 12.9. The average molecular weight is 368 g/mol. The Morgan fingerprint density at radius 1 is 1.00 bits per heavy atom. The Kier molecular flexibility index (Phi) is 2.75. The molecule has 0 saturated heterocycles. The zero-order valence-electron chi connectivity index (χ0n) is 9.41. The van der Waals surface area contributed by atoms with Crippen molar-refractivity contribution in [1.82, 2.24) is 9.97 Å². The standard InChI is InChI=1S/C13H8Br2N2O/c1-6-4-8(15)11-12(13(6)18)17-10-5-7(14)2-3-9(10)16-11/h2-5,18H,1H3. The van der Waals surface area contributed by atoms with E-state index in [1.54, 1.807) is 0 Å². The van der Waals surface area contributed by atoms with E-state index in [1.165, 1.54) is 0 Å². The van der Waals surface area contributed by atoms with Gasteiger partial charge in [0.05, 0.1) is 11.0 Å². The molecule has 0 unspecified atom stereocenters. The average Bonchev–Trinajstić information content (AvgIpc) is 2.34. The molecule has 0 bridgehead atoms. The predicted molar refractivity (Wildman–Crippen MR) is 78.8 cm³/mol. The Bertz CT molecular complexity index is 787. The van der Waals surface area contributed by atoms with Crippen LogP contribution in [0.1, 0.15) is 5.56 Å². The topological polar surface area (TPSA) is 46.0 Å². The number of aryl methyl sites for hydroxylation is 1. The zero-order valence-corrected chi connectivity index (χ0v) is 12.6. The fraction of sp³-hybridized carbons (Fsp3) is 0.0769. The SMILES string of the molecule is Cc1cc(Br)c2nc3ccc(Br)cc3nc2c1O. The van der Waals surface area contributed by atoms with Gasteiger partial charge in [0.2, 0.25) is 0 Å². The molecule has 0 aliphatic heterocycles. The largest absolute Gasteiger partial charge is 0.505 e. The number of hydrogen-bond acceptors (Lipinski definition) is 3. The second-order valence-corrected chi connectivity index (χ2v) is 5.85. The maximum atomic E-state index is 10.1. The second kappa shape index (κ2) is 4.17. The number of aromatic nitrogens is 2. The van der Waals surface area contributed by atoms with Crippen molar-refractivity contribution in [3.05, 3.63) is 38.8 Å². The molecular formula is C13H8Br2N2O. The van der Waals surface area contributed by atoms with Crippen LogP contribution < -0.4 is 0 Å². The smallest absolute Gasteiger partial charge is 0.146 e. The first-order valence-corrected chi connectivity index (χ1v) is 6.90. The molecule has 90 valence electrons. The van der Waals surface area contributed by atoms with Gasteiger partial charge in [-0.15, -0.1) is 0 Å². The molecule has 0 saturated carbocycles. The van der Waals surface area contributed by atoms with Gasteiger partial charge in [0.1, 0.15) is 16.8 Å². The molecule has 1 aromatic heterocycles. The first-order valence-electron chi connectivity index (χ1n) is 5.31. The highest BCUT2D eigenvalue weighted by molar-refractivity contribution is 9.11. The van der Waals surface area contributed by atoms with Crippen molar-refractivity contribution in [2.24, 2.45) is 0 Å². The third kappa shape index (κ3) is 1.78. The maximum absolute atomic E-state index is 10.1. The molecule has 0 atom stereocenters. The van der Waals surface area contributed by atoms with Crippen molar-refractivity contribution in [1.29, 1.82) is 0 Å². The fourth-order valence-electron chi connectivity index (χ4n) is 1.87. The molecular weight excluding hydrogens is 360 g/mol. The number of phenols is 1. The van der Waals surface area contributed by atoms with Crippen LogP contribution in [-0.2, 0) is 0 Å². The summed E-state index contributed by atoms with van der Waals surface area (Å²) in [6, 6.07) is 7.55. The minimum Gasteiger partial charge on any atom is -0.505 e. The van der Waals surface area contributed by atoms with E-state index in [4.69, 9.17) is 0 Å². The number of halogens is 2. The molecule has 3 aromatic rings. The van der Waals surface area contributed by atoms with Gasteiger partial charge in [0.15, 0.2) is 0 Å². The summed E-state index contributed by atoms with van der Waals surface area (Å²) in [4.78, 5) is 9.02. The highest BCUT2D eigenvalue weighted by Crippen LogP contribution is 2.33. The van der Waals surface area contributed by atoms with Crippen LogP contribution in [0.2, 0.25) is 0 Å². The molecule has 0 radical (unpaired) electrons. The minimum absolute atomic E-state index is 0.183. The van der Waals surface area contributed by atoms with E-state index < -0.39 is 0 Å². The van der Waals surface area contributed by atoms with E-state index >= 15 is 0 Å². The van der Waals surface area contributed by atoms with Crippen molar-refractivity contribution in [3.8, 4) is 5.75 Å². The lowest BCUT2D eigenvalue weighted by atomic mass is 10.1. The first kappa shape index (κ1) is 11.9. The van der Waals surface area contributed by atoms with Crippen LogP contribution >= 0.6 is 31.9 Å². The molecule has 3 rings (SSSR count). The van der Waals surface area contributed by atoms with Gasteiger partial charge < -0.3 is 5.11 Å². The lowest BCUT2D eigenvalue weighted by Crippen LogP contribution is -1.90. The van der Waals surface area contributed by atoms with Crippen LogP contribution in [0, 0.1) is 6.92 Å². The predicted octanol–water partition coefficient (Wildman–Crippen LogP) is 4.32. The van der Waals surface area contributed by atoms with Gasteiger partial charge in [-0.05, 0) is 52.7 Å². The van der Waals surface area contributed by atoms with Crippen molar-refractivity contribution in [2.75, 3.05) is 0 Å². The molecule has 0 amide bonds. The molecule has 0 spiro atoms. The summed E-state index contributed by atoms with van der Waals surface area (Å²) in [5, 5.41) is 10.1. The second-order valence-electron chi connectivity index (χ2n) is 4.08. The van der Waals surface area contributed by atoms with Crippen LogP contribution in [-0.4, -0.2) is 15.1 Å². The van der Waals surface area contributed by atoms with Crippen LogP contribution in [0.5, 0.6) is 5.75 Å². The quantitative estimate of drug-likeness (QED) is 0.602.